The second kappa shape index (κ2) is 11.3. The summed E-state index contributed by atoms with van der Waals surface area (Å²) in [6.45, 7) is 2.57. The second-order valence-electron chi connectivity index (χ2n) is 9.01. The summed E-state index contributed by atoms with van der Waals surface area (Å²) < 4.78 is 7.39. The summed E-state index contributed by atoms with van der Waals surface area (Å²) in [7, 11) is 0. The van der Waals surface area contributed by atoms with Crippen molar-refractivity contribution in [3.05, 3.63) is 78.2 Å². The molecule has 3 aromatic heterocycles. The average molecular weight is 513 g/mol. The standard InChI is InChI=1S/C28H28N6O4/c29-16-22-18-31-34-19-23(38-14-4-13-35)15-24(26(22)34)21-7-8-25(30-17-21)32-9-11-33(12-10-32)28(37)27(36)20-5-2-1-3-6-20/h1-3,5-8,15,17-19,27,35-36H,4,9-14H2. The zero-order valence-corrected chi connectivity index (χ0v) is 20.8. The van der Waals surface area contributed by atoms with Crippen LogP contribution in [0, 0.1) is 11.3 Å². The van der Waals surface area contributed by atoms with Crippen molar-refractivity contribution in [2.24, 2.45) is 0 Å². The van der Waals surface area contributed by atoms with E-state index in [0.717, 1.165) is 16.9 Å². The van der Waals surface area contributed by atoms with Gasteiger partial charge < -0.3 is 24.7 Å². The van der Waals surface area contributed by atoms with Crippen LogP contribution in [0.2, 0.25) is 0 Å². The highest BCUT2D eigenvalue weighted by molar-refractivity contribution is 5.85. The molecule has 1 aliphatic heterocycles. The monoisotopic (exact) mass is 512 g/mol. The summed E-state index contributed by atoms with van der Waals surface area (Å²) in [6.07, 6.45) is 4.34. The summed E-state index contributed by atoms with van der Waals surface area (Å²) in [4.78, 5) is 21.2. The van der Waals surface area contributed by atoms with Crippen molar-refractivity contribution in [2.75, 3.05) is 44.3 Å². The lowest BCUT2D eigenvalue weighted by atomic mass is 10.1. The first-order valence-corrected chi connectivity index (χ1v) is 12.5. The maximum absolute atomic E-state index is 12.8. The Morgan fingerprint density at radius 3 is 2.58 bits per heavy atom. The minimum Gasteiger partial charge on any atom is -0.492 e. The van der Waals surface area contributed by atoms with Gasteiger partial charge in [-0.15, -0.1) is 0 Å². The van der Waals surface area contributed by atoms with Gasteiger partial charge in [-0.2, -0.15) is 10.4 Å². The number of benzene rings is 1. The number of piperazine rings is 1. The predicted molar refractivity (Wildman–Crippen MR) is 141 cm³/mol. The van der Waals surface area contributed by atoms with Crippen LogP contribution in [0.3, 0.4) is 0 Å². The van der Waals surface area contributed by atoms with Gasteiger partial charge in [0.05, 0.1) is 30.1 Å². The highest BCUT2D eigenvalue weighted by Crippen LogP contribution is 2.31. The third kappa shape index (κ3) is 5.16. The second-order valence-corrected chi connectivity index (χ2v) is 9.01. The highest BCUT2D eigenvalue weighted by atomic mass is 16.5. The summed E-state index contributed by atoms with van der Waals surface area (Å²) >= 11 is 0. The Morgan fingerprint density at radius 1 is 1.11 bits per heavy atom. The van der Waals surface area contributed by atoms with Gasteiger partial charge in [0.2, 0.25) is 0 Å². The molecule has 0 saturated carbocycles. The van der Waals surface area contributed by atoms with E-state index in [4.69, 9.17) is 9.84 Å². The Labute approximate surface area is 219 Å². The normalized spacial score (nSPS) is 14.3. The molecule has 5 rings (SSSR count). The molecule has 4 aromatic rings. The molecular formula is C28H28N6O4. The number of nitriles is 1. The molecule has 1 aromatic carbocycles. The summed E-state index contributed by atoms with van der Waals surface area (Å²) in [6, 6.07) is 16.9. The van der Waals surface area contributed by atoms with Gasteiger partial charge in [-0.1, -0.05) is 30.3 Å². The Bertz CT molecular complexity index is 1440. The number of carbonyl (C=O) groups is 1. The Balaban J connectivity index is 1.30. The maximum Gasteiger partial charge on any atom is 0.256 e. The van der Waals surface area contributed by atoms with Gasteiger partial charge >= 0.3 is 0 Å². The quantitative estimate of drug-likeness (QED) is 0.345. The summed E-state index contributed by atoms with van der Waals surface area (Å²) in [5.41, 5.74) is 3.28. The van der Waals surface area contributed by atoms with E-state index in [1.54, 1.807) is 46.1 Å². The zero-order chi connectivity index (χ0) is 26.5. The molecule has 0 aliphatic carbocycles. The van der Waals surface area contributed by atoms with Gasteiger partial charge in [-0.3, -0.25) is 4.79 Å². The first-order chi connectivity index (χ1) is 18.6. The molecule has 0 radical (unpaired) electrons. The Hall–Kier alpha value is -4.46. The van der Waals surface area contributed by atoms with Gasteiger partial charge in [0.1, 0.15) is 17.6 Å². The molecule has 0 spiro atoms. The number of ether oxygens (including phenoxy) is 1. The number of carbonyl (C=O) groups excluding carboxylic acids is 1. The third-order valence-corrected chi connectivity index (χ3v) is 6.60. The first-order valence-electron chi connectivity index (χ1n) is 12.5. The molecule has 10 nitrogen and oxygen atoms in total. The molecule has 1 atom stereocenters. The van der Waals surface area contributed by atoms with Gasteiger partial charge in [-0.05, 0) is 23.8 Å². The lowest BCUT2D eigenvalue weighted by Gasteiger charge is -2.36. The number of aromatic nitrogens is 3. The zero-order valence-electron chi connectivity index (χ0n) is 20.8. The molecule has 38 heavy (non-hydrogen) atoms. The van der Waals surface area contributed by atoms with E-state index in [2.05, 4.69) is 21.1 Å². The molecule has 2 N–H and O–H groups in total. The number of aliphatic hydroxyl groups excluding tert-OH is 2. The molecule has 4 heterocycles. The predicted octanol–water partition coefficient (Wildman–Crippen LogP) is 2.41. The topological polar surface area (TPSA) is 127 Å². The van der Waals surface area contributed by atoms with Crippen LogP contribution in [-0.2, 0) is 4.79 Å². The van der Waals surface area contributed by atoms with Gasteiger partial charge in [0.15, 0.2) is 6.10 Å². The van der Waals surface area contributed by atoms with Gasteiger partial charge in [0, 0.05) is 56.5 Å². The number of fused-ring (bicyclic) bond motifs is 1. The average Bonchev–Trinajstić information content (AvgIpc) is 3.40. The van der Waals surface area contributed by atoms with Crippen molar-refractivity contribution in [3.8, 4) is 22.9 Å². The van der Waals surface area contributed by atoms with Crippen LogP contribution in [0.4, 0.5) is 5.82 Å². The molecule has 194 valence electrons. The molecule has 1 aliphatic rings. The molecular weight excluding hydrogens is 484 g/mol. The SMILES string of the molecule is N#Cc1cnn2cc(OCCCO)cc(-c3ccc(N4CCN(C(=O)C(O)c5ccccc5)CC4)nc3)c12. The van der Waals surface area contributed by atoms with Crippen LogP contribution < -0.4 is 9.64 Å². The number of anilines is 1. The molecule has 1 amide bonds. The van der Waals surface area contributed by atoms with Crippen LogP contribution in [0.5, 0.6) is 5.75 Å². The third-order valence-electron chi connectivity index (χ3n) is 6.60. The molecule has 10 heteroatoms. The molecule has 0 bridgehead atoms. The van der Waals surface area contributed by atoms with Crippen LogP contribution in [0.15, 0.2) is 67.1 Å². The van der Waals surface area contributed by atoms with E-state index < -0.39 is 6.10 Å². The fraction of sp³-hybridized carbons (Fsp3) is 0.286. The van der Waals surface area contributed by atoms with Crippen LogP contribution in [0.25, 0.3) is 16.6 Å². The maximum atomic E-state index is 12.8. The van der Waals surface area contributed by atoms with Crippen LogP contribution in [-0.4, -0.2) is 75.0 Å². The fourth-order valence-corrected chi connectivity index (χ4v) is 4.57. The minimum absolute atomic E-state index is 0.0386. The van der Waals surface area contributed by atoms with E-state index in [1.165, 1.54) is 6.20 Å². The fourth-order valence-electron chi connectivity index (χ4n) is 4.57. The van der Waals surface area contributed by atoms with E-state index >= 15 is 0 Å². The minimum atomic E-state index is -1.16. The number of aliphatic hydroxyl groups is 2. The Kier molecular flexibility index (Phi) is 7.49. The number of hydrogen-bond acceptors (Lipinski definition) is 8. The van der Waals surface area contributed by atoms with Crippen LogP contribution >= 0.6 is 0 Å². The van der Waals surface area contributed by atoms with Gasteiger partial charge in [0.25, 0.3) is 5.91 Å². The molecule has 1 fully saturated rings. The van der Waals surface area contributed by atoms with Crippen molar-refractivity contribution in [2.45, 2.75) is 12.5 Å². The first kappa shape index (κ1) is 25.2. The number of pyridine rings is 2. The number of nitrogens with zero attached hydrogens (tertiary/aromatic N) is 6. The van der Waals surface area contributed by atoms with Crippen molar-refractivity contribution >= 4 is 17.2 Å². The van der Waals surface area contributed by atoms with Gasteiger partial charge in [-0.25, -0.2) is 9.50 Å². The lowest BCUT2D eigenvalue weighted by molar-refractivity contribution is -0.140. The van der Waals surface area contributed by atoms with E-state index in [1.807, 2.05) is 24.3 Å². The number of rotatable bonds is 8. The Morgan fingerprint density at radius 2 is 1.89 bits per heavy atom. The molecule has 1 saturated heterocycles. The van der Waals surface area contributed by atoms with E-state index in [9.17, 15) is 15.2 Å². The van der Waals surface area contributed by atoms with Crippen molar-refractivity contribution in [1.82, 2.24) is 19.5 Å². The number of hydrogen-bond donors (Lipinski definition) is 2. The largest absolute Gasteiger partial charge is 0.492 e. The summed E-state index contributed by atoms with van der Waals surface area (Å²) in [5.74, 6) is 1.07. The smallest absolute Gasteiger partial charge is 0.256 e. The number of amides is 1. The van der Waals surface area contributed by atoms with Crippen molar-refractivity contribution in [1.29, 1.82) is 5.26 Å². The lowest BCUT2D eigenvalue weighted by Crippen LogP contribution is -2.50. The summed E-state index contributed by atoms with van der Waals surface area (Å²) in [5, 5.41) is 33.4. The van der Waals surface area contributed by atoms with Crippen molar-refractivity contribution < 1.29 is 19.7 Å². The van der Waals surface area contributed by atoms with E-state index in [-0.39, 0.29) is 12.5 Å². The van der Waals surface area contributed by atoms with Crippen molar-refractivity contribution in [3.63, 3.8) is 0 Å². The van der Waals surface area contributed by atoms with E-state index in [0.29, 0.717) is 61.6 Å². The van der Waals surface area contributed by atoms with Crippen LogP contribution in [0.1, 0.15) is 23.7 Å². The molecule has 1 unspecified atom stereocenters. The highest BCUT2D eigenvalue weighted by Gasteiger charge is 2.27.